The van der Waals surface area contributed by atoms with Gasteiger partial charge < -0.3 is 10.3 Å². The van der Waals surface area contributed by atoms with Gasteiger partial charge in [-0.25, -0.2) is 27.2 Å². The van der Waals surface area contributed by atoms with Crippen molar-refractivity contribution in [2.45, 2.75) is 6.42 Å². The zero-order valence-corrected chi connectivity index (χ0v) is 17.6. The van der Waals surface area contributed by atoms with Crippen molar-refractivity contribution < 1.29 is 22.0 Å². The Morgan fingerprint density at radius 3 is 2.84 bits per heavy atom. The first-order valence-electron chi connectivity index (χ1n) is 8.82. The van der Waals surface area contributed by atoms with Crippen molar-refractivity contribution in [1.29, 1.82) is 0 Å². The van der Waals surface area contributed by atoms with Crippen LogP contribution in [0.5, 0.6) is 0 Å². The summed E-state index contributed by atoms with van der Waals surface area (Å²) in [4.78, 5) is 23.6. The summed E-state index contributed by atoms with van der Waals surface area (Å²) in [5, 5.41) is 5.12. The Labute approximate surface area is 179 Å². The third-order valence-corrected chi connectivity index (χ3v) is 5.59. The van der Waals surface area contributed by atoms with E-state index in [1.807, 2.05) is 0 Å². The highest BCUT2D eigenvalue weighted by atomic mass is 32.2. The molecule has 4 aromatic rings. The molecule has 12 heteroatoms. The number of sulfonamides is 1. The van der Waals surface area contributed by atoms with Crippen LogP contribution in [-0.2, 0) is 21.2 Å². The molecule has 4 rings (SSSR count). The number of thiazole rings is 1. The molecule has 0 spiro atoms. The van der Waals surface area contributed by atoms with Crippen LogP contribution in [0.15, 0.2) is 42.0 Å². The van der Waals surface area contributed by atoms with Crippen LogP contribution in [-0.4, -0.2) is 35.5 Å². The summed E-state index contributed by atoms with van der Waals surface area (Å²) in [5.74, 6) is -1.64. The van der Waals surface area contributed by atoms with Gasteiger partial charge in [-0.1, -0.05) is 0 Å². The van der Waals surface area contributed by atoms with Crippen LogP contribution in [0.3, 0.4) is 0 Å². The Bertz CT molecular complexity index is 1400. The quantitative estimate of drug-likeness (QED) is 0.405. The number of carbonyl (C=O) groups excluding carboxylic acids is 1. The summed E-state index contributed by atoms with van der Waals surface area (Å²) in [6.45, 7) is 0. The van der Waals surface area contributed by atoms with Gasteiger partial charge in [0.15, 0.2) is 5.13 Å². The molecule has 160 valence electrons. The zero-order valence-electron chi connectivity index (χ0n) is 15.9. The molecule has 0 aliphatic rings. The minimum Gasteiger partial charge on any atom is -0.345 e. The molecule has 0 unspecified atom stereocenters. The van der Waals surface area contributed by atoms with E-state index >= 15 is 0 Å². The summed E-state index contributed by atoms with van der Waals surface area (Å²) < 4.78 is 52.5. The summed E-state index contributed by atoms with van der Waals surface area (Å²) in [5.41, 5.74) is 1.84. The minimum absolute atomic E-state index is 0.0288. The van der Waals surface area contributed by atoms with E-state index in [0.717, 1.165) is 29.9 Å². The molecule has 0 saturated carbocycles. The number of aromatic nitrogens is 3. The maximum atomic E-state index is 14.1. The normalized spacial score (nSPS) is 11.6. The average molecular weight is 463 g/mol. The molecule has 0 bridgehead atoms. The number of aromatic amines is 1. The number of pyridine rings is 1. The molecule has 3 heterocycles. The van der Waals surface area contributed by atoms with Gasteiger partial charge in [0.25, 0.3) is 0 Å². The molecule has 0 radical (unpaired) electrons. The second-order valence-corrected chi connectivity index (χ2v) is 9.30. The van der Waals surface area contributed by atoms with Crippen molar-refractivity contribution in [2.24, 2.45) is 0 Å². The van der Waals surface area contributed by atoms with Gasteiger partial charge in [-0.2, -0.15) is 0 Å². The molecule has 0 aliphatic carbocycles. The predicted molar refractivity (Wildman–Crippen MR) is 114 cm³/mol. The molecule has 0 atom stereocenters. The maximum Gasteiger partial charge on any atom is 0.230 e. The lowest BCUT2D eigenvalue weighted by molar-refractivity contribution is -0.115. The van der Waals surface area contributed by atoms with E-state index < -0.39 is 27.6 Å². The third kappa shape index (κ3) is 4.86. The molecule has 3 aromatic heterocycles. The molecule has 0 aliphatic heterocycles. The number of nitrogens with one attached hydrogen (secondary N) is 3. The number of hydrogen-bond donors (Lipinski definition) is 3. The molecule has 1 aromatic carbocycles. The number of nitrogens with zero attached hydrogens (tertiary/aromatic N) is 2. The first kappa shape index (κ1) is 20.9. The number of fused-ring (bicyclic) bond motifs is 1. The Morgan fingerprint density at radius 2 is 2.06 bits per heavy atom. The Hall–Kier alpha value is -3.38. The van der Waals surface area contributed by atoms with Crippen LogP contribution in [0.25, 0.3) is 22.3 Å². The summed E-state index contributed by atoms with van der Waals surface area (Å²) in [7, 11) is -3.53. The summed E-state index contributed by atoms with van der Waals surface area (Å²) in [6, 6.07) is 4.95. The number of hydrogen-bond acceptors (Lipinski definition) is 6. The van der Waals surface area contributed by atoms with Crippen LogP contribution in [0, 0.1) is 11.6 Å². The Balaban J connectivity index is 1.50. The average Bonchev–Trinajstić information content (AvgIpc) is 3.29. The van der Waals surface area contributed by atoms with E-state index in [1.54, 1.807) is 11.6 Å². The van der Waals surface area contributed by atoms with E-state index in [-0.39, 0.29) is 22.8 Å². The van der Waals surface area contributed by atoms with E-state index in [2.05, 4.69) is 25.0 Å². The van der Waals surface area contributed by atoms with Crippen LogP contribution in [0.2, 0.25) is 0 Å². The highest BCUT2D eigenvalue weighted by Crippen LogP contribution is 2.30. The number of H-pyrrole nitrogens is 1. The monoisotopic (exact) mass is 463 g/mol. The second-order valence-electron chi connectivity index (χ2n) is 6.70. The Morgan fingerprint density at radius 1 is 1.26 bits per heavy atom. The summed E-state index contributed by atoms with van der Waals surface area (Å²) >= 11 is 1.16. The molecule has 0 saturated heterocycles. The van der Waals surface area contributed by atoms with E-state index in [1.165, 1.54) is 18.2 Å². The van der Waals surface area contributed by atoms with Gasteiger partial charge in [-0.15, -0.1) is 11.3 Å². The Kier molecular flexibility index (Phi) is 5.41. The topological polar surface area (TPSA) is 117 Å². The molecule has 0 fully saturated rings. The van der Waals surface area contributed by atoms with E-state index in [0.29, 0.717) is 22.3 Å². The first-order valence-corrected chi connectivity index (χ1v) is 11.6. The van der Waals surface area contributed by atoms with Crippen molar-refractivity contribution >= 4 is 49.1 Å². The highest BCUT2D eigenvalue weighted by molar-refractivity contribution is 7.92. The molecular formula is C19H15F2N5O3S2. The van der Waals surface area contributed by atoms with Gasteiger partial charge in [0, 0.05) is 28.2 Å². The fourth-order valence-electron chi connectivity index (χ4n) is 2.97. The number of benzene rings is 1. The maximum absolute atomic E-state index is 14.1. The van der Waals surface area contributed by atoms with Gasteiger partial charge in [0.05, 0.1) is 24.6 Å². The van der Waals surface area contributed by atoms with Gasteiger partial charge in [0.2, 0.25) is 15.9 Å². The van der Waals surface area contributed by atoms with Crippen molar-refractivity contribution in [3.63, 3.8) is 0 Å². The standard InChI is InChI=1S/C19H15F2N5O3S2/c1-31(28,29)26-12-2-3-15(21)10(4-12)5-17(27)25-19-24-16(9-30-19)14-8-23-18-13(14)6-11(20)7-22-18/h2-4,6-9,26H,5H2,1H3,(H,22,23)(H,24,25,27). The van der Waals surface area contributed by atoms with Crippen molar-refractivity contribution in [1.82, 2.24) is 15.0 Å². The molecular weight excluding hydrogens is 448 g/mol. The minimum atomic E-state index is -3.53. The van der Waals surface area contributed by atoms with Gasteiger partial charge in [0.1, 0.15) is 17.3 Å². The van der Waals surface area contributed by atoms with Gasteiger partial charge in [-0.05, 0) is 29.8 Å². The molecule has 3 N–H and O–H groups in total. The molecule has 1 amide bonds. The number of carbonyl (C=O) groups is 1. The fourth-order valence-corrected chi connectivity index (χ4v) is 4.25. The van der Waals surface area contributed by atoms with Crippen LogP contribution >= 0.6 is 11.3 Å². The smallest absolute Gasteiger partial charge is 0.230 e. The molecule has 8 nitrogen and oxygen atoms in total. The first-order chi connectivity index (χ1) is 14.7. The largest absolute Gasteiger partial charge is 0.345 e. The van der Waals surface area contributed by atoms with Crippen LogP contribution < -0.4 is 10.0 Å². The van der Waals surface area contributed by atoms with Gasteiger partial charge >= 0.3 is 0 Å². The van der Waals surface area contributed by atoms with E-state index in [9.17, 15) is 22.0 Å². The third-order valence-electron chi connectivity index (χ3n) is 4.22. The lowest BCUT2D eigenvalue weighted by Crippen LogP contribution is -2.16. The fraction of sp³-hybridized carbons (Fsp3) is 0.105. The predicted octanol–water partition coefficient (Wildman–Crippen LogP) is 3.52. The molecule has 31 heavy (non-hydrogen) atoms. The van der Waals surface area contributed by atoms with Crippen LogP contribution in [0.4, 0.5) is 19.6 Å². The SMILES string of the molecule is CS(=O)(=O)Nc1ccc(F)c(CC(=O)Nc2nc(-c3c[nH]c4ncc(F)cc34)cs2)c1. The van der Waals surface area contributed by atoms with Crippen molar-refractivity contribution in [3.8, 4) is 11.3 Å². The van der Waals surface area contributed by atoms with Crippen molar-refractivity contribution in [2.75, 3.05) is 16.3 Å². The van der Waals surface area contributed by atoms with Gasteiger partial charge in [-0.3, -0.25) is 9.52 Å². The van der Waals surface area contributed by atoms with E-state index in [4.69, 9.17) is 0 Å². The van der Waals surface area contributed by atoms with Crippen molar-refractivity contribution in [3.05, 3.63) is 59.2 Å². The zero-order chi connectivity index (χ0) is 22.2. The number of rotatable bonds is 6. The lowest BCUT2D eigenvalue weighted by Gasteiger charge is -2.08. The summed E-state index contributed by atoms with van der Waals surface area (Å²) in [6.07, 6.45) is 3.41. The lowest BCUT2D eigenvalue weighted by atomic mass is 10.1. The number of amides is 1. The number of halogens is 2. The second kappa shape index (κ2) is 8.04. The highest BCUT2D eigenvalue weighted by Gasteiger charge is 2.15. The van der Waals surface area contributed by atoms with Crippen LogP contribution in [0.1, 0.15) is 5.56 Å². The number of anilines is 2.